The molecule has 1 aliphatic rings. The van der Waals surface area contributed by atoms with Gasteiger partial charge in [-0.1, -0.05) is 25.1 Å². The Labute approximate surface area is 189 Å². The van der Waals surface area contributed by atoms with Crippen LogP contribution in [0.1, 0.15) is 44.2 Å². The van der Waals surface area contributed by atoms with Crippen molar-refractivity contribution in [2.45, 2.75) is 47.0 Å². The van der Waals surface area contributed by atoms with Gasteiger partial charge in [0.05, 0.1) is 25.6 Å². The molecule has 0 aliphatic carbocycles. The van der Waals surface area contributed by atoms with Crippen LogP contribution < -0.4 is 10.6 Å². The summed E-state index contributed by atoms with van der Waals surface area (Å²) < 4.78 is 0.695. The number of amides is 2. The molecule has 2 rings (SSSR count). The van der Waals surface area contributed by atoms with Crippen LogP contribution in [0.4, 0.5) is 5.69 Å². The second-order valence-corrected chi connectivity index (χ2v) is 7.67. The van der Waals surface area contributed by atoms with E-state index in [1.807, 2.05) is 32.0 Å². The van der Waals surface area contributed by atoms with E-state index >= 15 is 0 Å². The van der Waals surface area contributed by atoms with E-state index in [1.165, 1.54) is 0 Å². The van der Waals surface area contributed by atoms with E-state index in [2.05, 4.69) is 24.5 Å². The zero-order valence-electron chi connectivity index (χ0n) is 17.3. The van der Waals surface area contributed by atoms with Crippen molar-refractivity contribution in [3.05, 3.63) is 29.3 Å². The number of carbonyl (C=O) groups excluding carboxylic acids is 2. The molecular weight excluding hydrogens is 415 g/mol. The number of carbonyl (C=O) groups is 2. The second-order valence-electron chi connectivity index (χ2n) is 7.67. The number of nitrogens with one attached hydrogen (secondary N) is 2. The normalized spacial score (nSPS) is 21.9. The molecule has 1 aromatic rings. The zero-order valence-corrected chi connectivity index (χ0v) is 20.1. The molecule has 27 heavy (non-hydrogen) atoms. The Morgan fingerprint density at radius 1 is 1.19 bits per heavy atom. The molecule has 1 aromatic carbocycles. The van der Waals surface area contributed by atoms with Crippen LogP contribution in [0.15, 0.2) is 18.2 Å². The maximum absolute atomic E-state index is 12.8. The largest absolute Gasteiger partial charge is 0.356 e. The minimum atomic E-state index is 0. The number of rotatable bonds is 7. The van der Waals surface area contributed by atoms with Crippen molar-refractivity contribution in [2.24, 2.45) is 5.92 Å². The maximum atomic E-state index is 12.8. The molecule has 0 spiro atoms. The molecular formula is C21H34N3O2Y+. The molecule has 5 nitrogen and oxygen atoms in total. The summed E-state index contributed by atoms with van der Waals surface area (Å²) in [6.07, 6.45) is 2.87. The first-order valence-corrected chi connectivity index (χ1v) is 9.89. The van der Waals surface area contributed by atoms with Crippen molar-refractivity contribution in [1.29, 1.82) is 0 Å². The Bertz CT molecular complexity index is 630. The third-order valence-electron chi connectivity index (χ3n) is 5.61. The Morgan fingerprint density at radius 2 is 1.85 bits per heavy atom. The van der Waals surface area contributed by atoms with Crippen molar-refractivity contribution in [2.75, 3.05) is 38.0 Å². The summed E-state index contributed by atoms with van der Waals surface area (Å²) in [4.78, 5) is 25.2. The number of hydrogen-bond acceptors (Lipinski definition) is 2. The second kappa shape index (κ2) is 11.3. The first-order valence-electron chi connectivity index (χ1n) is 9.89. The van der Waals surface area contributed by atoms with E-state index < -0.39 is 0 Å². The predicted molar refractivity (Wildman–Crippen MR) is 106 cm³/mol. The van der Waals surface area contributed by atoms with Gasteiger partial charge in [-0.15, -0.1) is 0 Å². The van der Waals surface area contributed by atoms with Gasteiger partial charge in [0.15, 0.2) is 6.54 Å². The Morgan fingerprint density at radius 3 is 2.44 bits per heavy atom. The topological polar surface area (TPSA) is 58.2 Å². The van der Waals surface area contributed by atoms with Gasteiger partial charge in [0, 0.05) is 44.9 Å². The minimum absolute atomic E-state index is 0. The van der Waals surface area contributed by atoms with Crippen molar-refractivity contribution in [1.82, 2.24) is 5.32 Å². The fraction of sp³-hybridized carbons (Fsp3) is 0.619. The smallest absolute Gasteiger partial charge is 0.279 e. The Hall–Kier alpha value is -0.776. The van der Waals surface area contributed by atoms with Crippen LogP contribution in [0.5, 0.6) is 0 Å². The molecule has 1 aliphatic heterocycles. The molecule has 0 saturated carbocycles. The first-order chi connectivity index (χ1) is 12.4. The molecule has 1 saturated heterocycles. The van der Waals surface area contributed by atoms with Gasteiger partial charge in [-0.3, -0.25) is 9.59 Å². The summed E-state index contributed by atoms with van der Waals surface area (Å²) in [5, 5.41) is 6.13. The number of benzene rings is 1. The van der Waals surface area contributed by atoms with Crippen LogP contribution >= 0.6 is 0 Å². The molecule has 2 N–H and O–H groups in total. The van der Waals surface area contributed by atoms with Gasteiger partial charge < -0.3 is 15.1 Å². The van der Waals surface area contributed by atoms with Crippen LogP contribution in [0, 0.1) is 19.8 Å². The third kappa shape index (κ3) is 6.65. The minimum Gasteiger partial charge on any atom is -0.356 e. The van der Waals surface area contributed by atoms with Gasteiger partial charge in [-0.2, -0.15) is 0 Å². The number of hydrogen-bond donors (Lipinski definition) is 2. The van der Waals surface area contributed by atoms with E-state index in [4.69, 9.17) is 0 Å². The van der Waals surface area contributed by atoms with Gasteiger partial charge in [-0.25, -0.2) is 0 Å². The number of piperidine rings is 1. The third-order valence-corrected chi connectivity index (χ3v) is 5.61. The SMILES string of the molecule is CCCNC(=O)C1CCC[N+](CC)(CC(=O)Nc2c(C)cccc2C)C1.[Y]. The van der Waals surface area contributed by atoms with E-state index in [0.717, 1.165) is 62.3 Å². The Kier molecular flexibility index (Phi) is 10.1. The standard InChI is InChI=1S/C21H33N3O2.Y/c1-5-12-22-21(26)18-11-8-13-24(6-2,14-18)15-19(25)23-20-16(3)9-7-10-17(20)4;/h7,9-10,18H,5-6,8,11-15H2,1-4H3,(H-,22,23,25,26);/p+1. The number of likely N-dealkylation sites (N-methyl/N-ethyl adjacent to an activating group) is 1. The van der Waals surface area contributed by atoms with Crippen molar-refractivity contribution in [3.63, 3.8) is 0 Å². The van der Waals surface area contributed by atoms with E-state index in [0.29, 0.717) is 11.0 Å². The molecule has 0 bridgehead atoms. The molecule has 2 unspecified atom stereocenters. The van der Waals surface area contributed by atoms with Crippen LogP contribution in [0.25, 0.3) is 0 Å². The molecule has 1 fully saturated rings. The number of para-hydroxylation sites is 1. The fourth-order valence-corrected chi connectivity index (χ4v) is 3.97. The van der Waals surface area contributed by atoms with Crippen LogP contribution in [0.3, 0.4) is 0 Å². The maximum Gasteiger partial charge on any atom is 0.279 e. The predicted octanol–water partition coefficient (Wildman–Crippen LogP) is 3.01. The summed E-state index contributed by atoms with van der Waals surface area (Å²) in [6, 6.07) is 6.04. The van der Waals surface area contributed by atoms with Crippen LogP contribution in [-0.4, -0.2) is 49.0 Å². The average molecular weight is 449 g/mol. The molecule has 2 amide bonds. The number of aryl methyl sites for hydroxylation is 2. The molecule has 2 atom stereocenters. The molecule has 147 valence electrons. The van der Waals surface area contributed by atoms with Gasteiger partial charge in [0.2, 0.25) is 5.91 Å². The van der Waals surface area contributed by atoms with E-state index in [-0.39, 0.29) is 50.4 Å². The number of anilines is 1. The molecule has 1 heterocycles. The van der Waals surface area contributed by atoms with Crippen molar-refractivity contribution in [3.8, 4) is 0 Å². The van der Waals surface area contributed by atoms with Crippen LogP contribution in [0.2, 0.25) is 0 Å². The summed E-state index contributed by atoms with van der Waals surface area (Å²) >= 11 is 0. The van der Waals surface area contributed by atoms with Gasteiger partial charge in [0.1, 0.15) is 0 Å². The van der Waals surface area contributed by atoms with Crippen LogP contribution in [-0.2, 0) is 42.3 Å². The zero-order chi connectivity index (χ0) is 19.2. The van der Waals surface area contributed by atoms with Gasteiger partial charge in [-0.05, 0) is 51.2 Å². The molecule has 1 radical (unpaired) electrons. The number of nitrogens with zero attached hydrogens (tertiary/aromatic N) is 1. The van der Waals surface area contributed by atoms with Gasteiger partial charge in [0.25, 0.3) is 5.91 Å². The van der Waals surface area contributed by atoms with Crippen molar-refractivity contribution < 1.29 is 46.8 Å². The molecule has 6 heteroatoms. The number of likely N-dealkylation sites (tertiary alicyclic amines) is 1. The quantitative estimate of drug-likeness (QED) is 0.629. The number of quaternary nitrogens is 1. The average Bonchev–Trinajstić information content (AvgIpc) is 2.63. The fourth-order valence-electron chi connectivity index (χ4n) is 3.97. The Balaban J connectivity index is 0.00000364. The molecule has 0 aromatic heterocycles. The summed E-state index contributed by atoms with van der Waals surface area (Å²) in [5.74, 6) is 0.208. The summed E-state index contributed by atoms with van der Waals surface area (Å²) in [5.41, 5.74) is 3.08. The van der Waals surface area contributed by atoms with E-state index in [9.17, 15) is 9.59 Å². The van der Waals surface area contributed by atoms with Gasteiger partial charge >= 0.3 is 0 Å². The monoisotopic (exact) mass is 449 g/mol. The van der Waals surface area contributed by atoms with Crippen molar-refractivity contribution >= 4 is 17.5 Å². The summed E-state index contributed by atoms with van der Waals surface area (Å²) in [6.45, 7) is 12.0. The summed E-state index contributed by atoms with van der Waals surface area (Å²) in [7, 11) is 0. The first kappa shape index (κ1) is 24.3. The van der Waals surface area contributed by atoms with E-state index in [1.54, 1.807) is 0 Å².